The van der Waals surface area contributed by atoms with Crippen LogP contribution in [0.1, 0.15) is 18.9 Å². The van der Waals surface area contributed by atoms with Crippen LogP contribution in [-0.4, -0.2) is 11.5 Å². The molecular weight excluding hydrogens is 203 g/mol. The molecule has 2 aromatic rings. The Hall–Kier alpha value is -1.48. The number of halogens is 1. The predicted octanol–water partition coefficient (Wildman–Crippen LogP) is 2.77. The highest BCUT2D eigenvalue weighted by molar-refractivity contribution is 5.82. The van der Waals surface area contributed by atoms with E-state index < -0.39 is 5.67 Å². The largest absolute Gasteiger partial charge is 0.327 e. The number of para-hydroxylation sites is 1. The van der Waals surface area contributed by atoms with E-state index in [1.54, 1.807) is 19.2 Å². The molecule has 2 rings (SSSR count). The smallest absolute Gasteiger partial charge is 0.149 e. The second kappa shape index (κ2) is 4.18. The van der Waals surface area contributed by atoms with Gasteiger partial charge in [0.25, 0.3) is 0 Å². The van der Waals surface area contributed by atoms with E-state index in [9.17, 15) is 4.39 Å². The molecule has 0 bridgehead atoms. The molecule has 0 saturated carbocycles. The second-order valence-corrected chi connectivity index (χ2v) is 3.90. The van der Waals surface area contributed by atoms with Crippen LogP contribution >= 0.6 is 0 Å². The van der Waals surface area contributed by atoms with Gasteiger partial charge in [-0.15, -0.1) is 0 Å². The number of alkyl halides is 1. The van der Waals surface area contributed by atoms with Gasteiger partial charge < -0.3 is 5.73 Å². The molecule has 1 unspecified atom stereocenters. The summed E-state index contributed by atoms with van der Waals surface area (Å²) in [4.78, 5) is 4.25. The molecule has 0 fully saturated rings. The summed E-state index contributed by atoms with van der Waals surface area (Å²) >= 11 is 0. The number of hydrogen-bond donors (Lipinski definition) is 1. The minimum atomic E-state index is -1.48. The fourth-order valence-corrected chi connectivity index (χ4v) is 1.91. The highest BCUT2D eigenvalue weighted by Gasteiger charge is 2.30. The van der Waals surface area contributed by atoms with E-state index in [4.69, 9.17) is 5.73 Å². The monoisotopic (exact) mass is 218 g/mol. The number of pyridine rings is 1. The van der Waals surface area contributed by atoms with Crippen molar-refractivity contribution in [3.8, 4) is 0 Å². The summed E-state index contributed by atoms with van der Waals surface area (Å²) in [5.74, 6) is 0. The maximum Gasteiger partial charge on any atom is 0.149 e. The predicted molar refractivity (Wildman–Crippen MR) is 63.9 cm³/mol. The first-order valence-electron chi connectivity index (χ1n) is 5.44. The lowest BCUT2D eigenvalue weighted by Crippen LogP contribution is -2.29. The third-order valence-corrected chi connectivity index (χ3v) is 3.00. The van der Waals surface area contributed by atoms with Gasteiger partial charge in [0.05, 0.1) is 5.52 Å². The molecule has 0 aliphatic heterocycles. The summed E-state index contributed by atoms with van der Waals surface area (Å²) < 4.78 is 14.5. The van der Waals surface area contributed by atoms with Crippen molar-refractivity contribution >= 4 is 10.9 Å². The molecule has 3 heteroatoms. The molecular formula is C13H15FN2. The van der Waals surface area contributed by atoms with Gasteiger partial charge in [-0.25, -0.2) is 4.39 Å². The van der Waals surface area contributed by atoms with Gasteiger partial charge in [0.1, 0.15) is 5.67 Å². The van der Waals surface area contributed by atoms with E-state index >= 15 is 0 Å². The molecule has 1 atom stereocenters. The van der Waals surface area contributed by atoms with Crippen LogP contribution in [0.3, 0.4) is 0 Å². The standard InChI is InChI=1S/C13H15FN2/c1-2-13(14,9-15)11-7-3-5-10-6-4-8-16-12(10)11/h3-8H,2,9,15H2,1H3. The Morgan fingerprint density at radius 1 is 1.31 bits per heavy atom. The van der Waals surface area contributed by atoms with Crippen molar-refractivity contribution in [2.24, 2.45) is 5.73 Å². The first-order chi connectivity index (χ1) is 7.71. The number of nitrogens with two attached hydrogens (primary N) is 1. The van der Waals surface area contributed by atoms with Gasteiger partial charge in [0.2, 0.25) is 0 Å². The van der Waals surface area contributed by atoms with Gasteiger partial charge in [-0.05, 0) is 12.5 Å². The van der Waals surface area contributed by atoms with Crippen molar-refractivity contribution in [1.29, 1.82) is 0 Å². The fourth-order valence-electron chi connectivity index (χ4n) is 1.91. The zero-order valence-electron chi connectivity index (χ0n) is 9.28. The minimum absolute atomic E-state index is 0.0147. The quantitative estimate of drug-likeness (QED) is 0.860. The topological polar surface area (TPSA) is 38.9 Å². The Morgan fingerprint density at radius 3 is 2.75 bits per heavy atom. The zero-order valence-corrected chi connectivity index (χ0v) is 9.28. The van der Waals surface area contributed by atoms with Crippen molar-refractivity contribution in [1.82, 2.24) is 4.98 Å². The van der Waals surface area contributed by atoms with Crippen LogP contribution in [0.15, 0.2) is 36.5 Å². The number of benzene rings is 1. The van der Waals surface area contributed by atoms with Crippen molar-refractivity contribution in [2.75, 3.05) is 6.54 Å². The molecule has 0 radical (unpaired) electrons. The summed E-state index contributed by atoms with van der Waals surface area (Å²) in [6.07, 6.45) is 2.04. The lowest BCUT2D eigenvalue weighted by atomic mass is 9.91. The van der Waals surface area contributed by atoms with Gasteiger partial charge in [0.15, 0.2) is 0 Å². The zero-order chi connectivity index (χ0) is 11.6. The molecule has 1 aromatic heterocycles. The Bertz CT molecular complexity index is 487. The lowest BCUT2D eigenvalue weighted by Gasteiger charge is -2.23. The second-order valence-electron chi connectivity index (χ2n) is 3.90. The number of fused-ring (bicyclic) bond motifs is 1. The van der Waals surface area contributed by atoms with Crippen molar-refractivity contribution < 1.29 is 4.39 Å². The van der Waals surface area contributed by atoms with Gasteiger partial charge in [-0.3, -0.25) is 4.98 Å². The summed E-state index contributed by atoms with van der Waals surface area (Å²) in [5, 5.41) is 0.948. The Labute approximate surface area is 94.3 Å². The van der Waals surface area contributed by atoms with Gasteiger partial charge in [-0.2, -0.15) is 0 Å². The summed E-state index contributed by atoms with van der Waals surface area (Å²) in [6, 6.07) is 9.32. The summed E-state index contributed by atoms with van der Waals surface area (Å²) in [7, 11) is 0. The van der Waals surface area contributed by atoms with E-state index in [-0.39, 0.29) is 6.54 Å². The lowest BCUT2D eigenvalue weighted by molar-refractivity contribution is 0.170. The van der Waals surface area contributed by atoms with Crippen LogP contribution in [0, 0.1) is 0 Å². The Kier molecular flexibility index (Phi) is 2.88. The number of nitrogens with zero attached hydrogens (tertiary/aromatic N) is 1. The average molecular weight is 218 g/mol. The molecule has 0 amide bonds. The Balaban J connectivity index is 2.69. The van der Waals surface area contributed by atoms with Gasteiger partial charge >= 0.3 is 0 Å². The molecule has 2 N–H and O–H groups in total. The number of aromatic nitrogens is 1. The maximum atomic E-state index is 14.5. The van der Waals surface area contributed by atoms with Gasteiger partial charge in [-0.1, -0.05) is 31.2 Å². The van der Waals surface area contributed by atoms with Gasteiger partial charge in [0, 0.05) is 23.7 Å². The Morgan fingerprint density at radius 2 is 2.06 bits per heavy atom. The molecule has 2 nitrogen and oxygen atoms in total. The van der Waals surface area contributed by atoms with E-state index in [2.05, 4.69) is 4.98 Å². The highest BCUT2D eigenvalue weighted by atomic mass is 19.1. The summed E-state index contributed by atoms with van der Waals surface area (Å²) in [6.45, 7) is 1.79. The van der Waals surface area contributed by atoms with Crippen LogP contribution in [0.4, 0.5) is 4.39 Å². The molecule has 16 heavy (non-hydrogen) atoms. The molecule has 1 aromatic carbocycles. The van der Waals surface area contributed by atoms with E-state index in [0.717, 1.165) is 5.39 Å². The molecule has 0 aliphatic carbocycles. The van der Waals surface area contributed by atoms with Crippen LogP contribution < -0.4 is 5.73 Å². The van der Waals surface area contributed by atoms with Crippen LogP contribution in [0.5, 0.6) is 0 Å². The minimum Gasteiger partial charge on any atom is -0.327 e. The highest BCUT2D eigenvalue weighted by Crippen LogP contribution is 2.32. The molecule has 1 heterocycles. The molecule has 84 valence electrons. The molecule has 0 aliphatic rings. The van der Waals surface area contributed by atoms with E-state index in [1.165, 1.54) is 0 Å². The maximum absolute atomic E-state index is 14.5. The first kappa shape index (κ1) is 11.0. The first-order valence-corrected chi connectivity index (χ1v) is 5.44. The fraction of sp³-hybridized carbons (Fsp3) is 0.308. The SMILES string of the molecule is CCC(F)(CN)c1cccc2cccnc12. The molecule has 0 spiro atoms. The average Bonchev–Trinajstić information content (AvgIpc) is 2.37. The number of hydrogen-bond acceptors (Lipinski definition) is 2. The van der Waals surface area contributed by atoms with Crippen molar-refractivity contribution in [3.63, 3.8) is 0 Å². The third kappa shape index (κ3) is 1.67. The van der Waals surface area contributed by atoms with Crippen LogP contribution in [0.25, 0.3) is 10.9 Å². The van der Waals surface area contributed by atoms with E-state index in [1.807, 2.05) is 24.3 Å². The molecule has 0 saturated heterocycles. The summed E-state index contributed by atoms with van der Waals surface area (Å²) in [5.41, 5.74) is 5.36. The third-order valence-electron chi connectivity index (χ3n) is 3.00. The van der Waals surface area contributed by atoms with E-state index in [0.29, 0.717) is 17.5 Å². The van der Waals surface area contributed by atoms with Crippen LogP contribution in [0.2, 0.25) is 0 Å². The van der Waals surface area contributed by atoms with Crippen LogP contribution in [-0.2, 0) is 5.67 Å². The van der Waals surface area contributed by atoms with Crippen molar-refractivity contribution in [3.05, 3.63) is 42.1 Å². The number of rotatable bonds is 3. The van der Waals surface area contributed by atoms with Crippen molar-refractivity contribution in [2.45, 2.75) is 19.0 Å². The normalized spacial score (nSPS) is 14.9.